The molecular formula is C22H26BrClN4O2. The number of halogens is 2. The van der Waals surface area contributed by atoms with Crippen molar-refractivity contribution >= 4 is 45.0 Å². The van der Waals surface area contributed by atoms with E-state index in [-0.39, 0.29) is 5.97 Å². The molecular weight excluding hydrogens is 468 g/mol. The van der Waals surface area contributed by atoms with Gasteiger partial charge in [0.2, 0.25) is 0 Å². The average molecular weight is 494 g/mol. The van der Waals surface area contributed by atoms with Crippen LogP contribution in [0.4, 0.5) is 5.69 Å². The van der Waals surface area contributed by atoms with E-state index in [1.165, 1.54) is 7.11 Å². The number of ether oxygens (including phenoxy) is 1. The van der Waals surface area contributed by atoms with E-state index in [0.717, 1.165) is 65.0 Å². The number of methoxy groups -OCH3 is 1. The Morgan fingerprint density at radius 1 is 1.23 bits per heavy atom. The van der Waals surface area contributed by atoms with Crippen LogP contribution >= 0.6 is 27.5 Å². The Hall–Kier alpha value is -1.83. The molecule has 8 heteroatoms. The molecule has 0 amide bonds. The molecule has 30 heavy (non-hydrogen) atoms. The molecule has 0 aliphatic carbocycles. The Kier molecular flexibility index (Phi) is 5.97. The number of benzene rings is 1. The normalized spacial score (nSPS) is 17.1. The molecule has 0 saturated carbocycles. The minimum Gasteiger partial charge on any atom is -0.469 e. The van der Waals surface area contributed by atoms with Crippen molar-refractivity contribution in [3.63, 3.8) is 0 Å². The molecule has 0 bridgehead atoms. The number of piperazine rings is 1. The largest absolute Gasteiger partial charge is 0.469 e. The third kappa shape index (κ3) is 4.29. The first kappa shape index (κ1) is 21.4. The lowest BCUT2D eigenvalue weighted by Crippen LogP contribution is -2.52. The number of amidine groups is 1. The Morgan fingerprint density at radius 2 is 1.97 bits per heavy atom. The maximum Gasteiger partial charge on any atom is 0.312 e. The van der Waals surface area contributed by atoms with E-state index in [0.29, 0.717) is 6.54 Å². The summed E-state index contributed by atoms with van der Waals surface area (Å²) in [5.74, 6) is 0.810. The van der Waals surface area contributed by atoms with Gasteiger partial charge in [-0.1, -0.05) is 11.6 Å². The molecule has 0 N–H and O–H groups in total. The van der Waals surface area contributed by atoms with E-state index in [2.05, 4.69) is 42.6 Å². The number of carbonyl (C=O) groups excluding carboxylic acids is 1. The van der Waals surface area contributed by atoms with Crippen LogP contribution in [0.3, 0.4) is 0 Å². The Labute approximate surface area is 190 Å². The molecule has 1 aromatic heterocycles. The van der Waals surface area contributed by atoms with Crippen molar-refractivity contribution in [1.82, 2.24) is 14.4 Å². The van der Waals surface area contributed by atoms with Gasteiger partial charge in [0.1, 0.15) is 0 Å². The van der Waals surface area contributed by atoms with Crippen LogP contribution in [0.1, 0.15) is 25.1 Å². The minimum absolute atomic E-state index is 0.170. The first-order valence-electron chi connectivity index (χ1n) is 10.1. The van der Waals surface area contributed by atoms with Crippen LogP contribution in [0.2, 0.25) is 5.02 Å². The summed E-state index contributed by atoms with van der Waals surface area (Å²) in [7, 11) is 1.45. The van der Waals surface area contributed by atoms with Gasteiger partial charge in [0, 0.05) is 55.0 Å². The summed E-state index contributed by atoms with van der Waals surface area (Å²) in [5.41, 5.74) is 2.65. The first-order chi connectivity index (χ1) is 14.3. The van der Waals surface area contributed by atoms with Crippen LogP contribution in [0.5, 0.6) is 0 Å². The van der Waals surface area contributed by atoms with E-state index >= 15 is 0 Å². The number of hydrogen-bond donors (Lipinski definition) is 0. The monoisotopic (exact) mass is 492 g/mol. The van der Waals surface area contributed by atoms with Crippen LogP contribution in [-0.2, 0) is 16.1 Å². The number of esters is 1. The maximum atomic E-state index is 12.0. The minimum atomic E-state index is -0.519. The molecule has 1 fully saturated rings. The second-order valence-electron chi connectivity index (χ2n) is 8.52. The zero-order valence-corrected chi connectivity index (χ0v) is 19.8. The maximum absolute atomic E-state index is 12.0. The van der Waals surface area contributed by atoms with Crippen LogP contribution in [0.25, 0.3) is 0 Å². The summed E-state index contributed by atoms with van der Waals surface area (Å²) in [6.07, 6.45) is 2.09. The molecule has 0 unspecified atom stereocenters. The predicted molar refractivity (Wildman–Crippen MR) is 123 cm³/mol. The molecule has 2 aromatic rings. The van der Waals surface area contributed by atoms with Crippen molar-refractivity contribution in [2.45, 2.75) is 20.4 Å². The molecule has 1 aromatic carbocycles. The third-order valence-electron chi connectivity index (χ3n) is 5.73. The Bertz CT molecular complexity index is 993. The molecule has 1 saturated heterocycles. The number of rotatable bonds is 3. The molecule has 0 spiro atoms. The highest BCUT2D eigenvalue weighted by Crippen LogP contribution is 2.31. The first-order valence-corrected chi connectivity index (χ1v) is 11.2. The zero-order chi connectivity index (χ0) is 21.5. The smallest absolute Gasteiger partial charge is 0.312 e. The molecule has 6 nitrogen and oxygen atoms in total. The van der Waals surface area contributed by atoms with Crippen molar-refractivity contribution < 1.29 is 9.53 Å². The molecule has 160 valence electrons. The number of carbonyl (C=O) groups is 1. The van der Waals surface area contributed by atoms with Crippen molar-refractivity contribution in [3.8, 4) is 0 Å². The van der Waals surface area contributed by atoms with Crippen LogP contribution < -0.4 is 0 Å². The zero-order valence-electron chi connectivity index (χ0n) is 17.5. The van der Waals surface area contributed by atoms with Gasteiger partial charge in [-0.2, -0.15) is 0 Å². The second kappa shape index (κ2) is 8.36. The van der Waals surface area contributed by atoms with Crippen LogP contribution in [-0.4, -0.2) is 66.0 Å². The van der Waals surface area contributed by atoms with E-state index in [9.17, 15) is 4.79 Å². The molecule has 0 atom stereocenters. The van der Waals surface area contributed by atoms with Gasteiger partial charge in [-0.25, -0.2) is 4.99 Å². The molecule has 4 rings (SSSR count). The van der Waals surface area contributed by atoms with Gasteiger partial charge >= 0.3 is 5.97 Å². The van der Waals surface area contributed by atoms with Gasteiger partial charge < -0.3 is 14.2 Å². The fourth-order valence-corrected chi connectivity index (χ4v) is 4.85. The highest BCUT2D eigenvalue weighted by molar-refractivity contribution is 9.10. The van der Waals surface area contributed by atoms with Crippen molar-refractivity contribution in [1.29, 1.82) is 0 Å². The fourth-order valence-electron chi connectivity index (χ4n) is 4.19. The van der Waals surface area contributed by atoms with Crippen molar-refractivity contribution in [3.05, 3.63) is 51.2 Å². The van der Waals surface area contributed by atoms with Crippen molar-refractivity contribution in [2.24, 2.45) is 10.4 Å². The topological polar surface area (TPSA) is 50.1 Å². The van der Waals surface area contributed by atoms with Gasteiger partial charge in [-0.05, 0) is 59.6 Å². The van der Waals surface area contributed by atoms with Gasteiger partial charge in [-0.3, -0.25) is 9.69 Å². The lowest BCUT2D eigenvalue weighted by molar-refractivity contribution is -0.152. The summed E-state index contributed by atoms with van der Waals surface area (Å²) in [5, 5.41) is 0.724. The van der Waals surface area contributed by atoms with Crippen molar-refractivity contribution in [2.75, 3.05) is 39.8 Å². The Morgan fingerprint density at radius 3 is 2.67 bits per heavy atom. The predicted octanol–water partition coefficient (Wildman–Crippen LogP) is 4.16. The summed E-state index contributed by atoms with van der Waals surface area (Å²) in [6, 6.07) is 8.01. The number of fused-ring (bicyclic) bond motifs is 2. The number of hydrogen-bond acceptors (Lipinski definition) is 5. The molecule has 0 radical (unpaired) electrons. The summed E-state index contributed by atoms with van der Waals surface area (Å²) < 4.78 is 8.21. The quantitative estimate of drug-likeness (QED) is 0.603. The summed E-state index contributed by atoms with van der Waals surface area (Å²) >= 11 is 9.85. The lowest BCUT2D eigenvalue weighted by atomic mass is 9.92. The van der Waals surface area contributed by atoms with Gasteiger partial charge in [-0.15, -0.1) is 0 Å². The second-order valence-corrected chi connectivity index (χ2v) is 9.87. The van der Waals surface area contributed by atoms with E-state index < -0.39 is 5.41 Å². The highest BCUT2D eigenvalue weighted by atomic mass is 79.9. The number of aliphatic imine (C=N–C) groups is 1. The molecule has 2 aliphatic rings. The standard InChI is InChI=1S/C22H26BrClN4O2/c1-22(2,21(29)30-3)14-26-6-8-27(9-7-26)20-19-11-16(23)13-28(19)12-15-10-17(24)4-5-18(15)25-20/h4-5,10-11,13H,6-9,12,14H2,1-3H3. The Balaban J connectivity index is 1.56. The number of nitrogens with zero attached hydrogens (tertiary/aromatic N) is 4. The van der Waals surface area contributed by atoms with E-state index in [1.807, 2.05) is 32.0 Å². The fraction of sp³-hybridized carbons (Fsp3) is 0.455. The van der Waals surface area contributed by atoms with E-state index in [4.69, 9.17) is 21.3 Å². The van der Waals surface area contributed by atoms with Gasteiger partial charge in [0.15, 0.2) is 5.84 Å². The summed E-state index contributed by atoms with van der Waals surface area (Å²) in [4.78, 5) is 21.8. The van der Waals surface area contributed by atoms with E-state index in [1.54, 1.807) is 0 Å². The summed E-state index contributed by atoms with van der Waals surface area (Å²) in [6.45, 7) is 8.73. The molecule has 3 heterocycles. The van der Waals surface area contributed by atoms with Gasteiger partial charge in [0.05, 0.1) is 23.9 Å². The average Bonchev–Trinajstić information content (AvgIpc) is 3.00. The number of aromatic nitrogens is 1. The third-order valence-corrected chi connectivity index (χ3v) is 6.40. The SMILES string of the molecule is COC(=O)C(C)(C)CN1CCN(C2=Nc3ccc(Cl)cc3Cn3cc(Br)cc32)CC1. The van der Waals surface area contributed by atoms with Crippen LogP contribution in [0, 0.1) is 5.41 Å². The molecule has 2 aliphatic heterocycles. The van der Waals surface area contributed by atoms with Gasteiger partial charge in [0.25, 0.3) is 0 Å². The highest BCUT2D eigenvalue weighted by Gasteiger charge is 2.33. The van der Waals surface area contributed by atoms with Crippen LogP contribution in [0.15, 0.2) is 39.9 Å². The lowest BCUT2D eigenvalue weighted by Gasteiger charge is -2.39.